The van der Waals surface area contributed by atoms with Crippen LogP contribution in [0.4, 0.5) is 0 Å². The Morgan fingerprint density at radius 2 is 2.22 bits per heavy atom. The van der Waals surface area contributed by atoms with E-state index in [9.17, 15) is 0 Å². The molecule has 0 saturated heterocycles. The highest BCUT2D eigenvalue weighted by atomic mass is 32.2. The van der Waals surface area contributed by atoms with E-state index in [0.29, 0.717) is 6.04 Å². The van der Waals surface area contributed by atoms with Gasteiger partial charge < -0.3 is 0 Å². The maximum absolute atomic E-state index is 5.26. The van der Waals surface area contributed by atoms with Crippen molar-refractivity contribution in [3.05, 3.63) is 0 Å². The van der Waals surface area contributed by atoms with E-state index in [-0.39, 0.29) is 0 Å². The number of rotatable bonds is 5. The van der Waals surface area contributed by atoms with E-state index in [1.54, 1.807) is 0 Å². The third-order valence-electron chi connectivity index (χ3n) is 1.25. The van der Waals surface area contributed by atoms with E-state index in [0.717, 1.165) is 12.2 Å². The third kappa shape index (κ3) is 4.75. The van der Waals surface area contributed by atoms with Crippen LogP contribution in [0, 0.1) is 0 Å². The molecule has 3 N–H and O–H groups in total. The molecule has 0 aromatic rings. The molecule has 3 heteroatoms. The molecule has 0 fully saturated rings. The first kappa shape index (κ1) is 9.27. The van der Waals surface area contributed by atoms with Gasteiger partial charge in [-0.1, -0.05) is 13.8 Å². The molecule has 0 heterocycles. The molecule has 56 valence electrons. The Hall–Kier alpha value is 0.270. The molecule has 0 amide bonds. The van der Waals surface area contributed by atoms with Crippen molar-refractivity contribution in [1.82, 2.24) is 5.43 Å². The molecule has 0 aliphatic heterocycles. The van der Waals surface area contributed by atoms with Crippen LogP contribution >= 0.6 is 11.8 Å². The third-order valence-corrected chi connectivity index (χ3v) is 2.30. The van der Waals surface area contributed by atoms with Gasteiger partial charge in [-0.3, -0.25) is 11.3 Å². The molecule has 0 radical (unpaired) electrons. The summed E-state index contributed by atoms with van der Waals surface area (Å²) in [5.74, 6) is 7.57. The van der Waals surface area contributed by atoms with Gasteiger partial charge in [-0.25, -0.2) is 0 Å². The summed E-state index contributed by atoms with van der Waals surface area (Å²) in [5.41, 5.74) is 2.77. The molecule has 0 saturated carbocycles. The van der Waals surface area contributed by atoms with Crippen LogP contribution in [0.1, 0.15) is 20.3 Å². The lowest BCUT2D eigenvalue weighted by Crippen LogP contribution is -2.36. The van der Waals surface area contributed by atoms with Crippen LogP contribution in [0.25, 0.3) is 0 Å². The van der Waals surface area contributed by atoms with Crippen LogP contribution in [-0.4, -0.2) is 17.5 Å². The lowest BCUT2D eigenvalue weighted by atomic mass is 10.3. The summed E-state index contributed by atoms with van der Waals surface area (Å²) < 4.78 is 0. The van der Waals surface area contributed by atoms with E-state index >= 15 is 0 Å². The zero-order valence-electron chi connectivity index (χ0n) is 6.18. The number of nitrogens with one attached hydrogen (secondary N) is 1. The van der Waals surface area contributed by atoms with Crippen LogP contribution < -0.4 is 11.3 Å². The zero-order chi connectivity index (χ0) is 7.11. The Morgan fingerprint density at radius 3 is 2.56 bits per heavy atom. The first-order chi connectivity index (χ1) is 4.35. The molecule has 0 bridgehead atoms. The predicted molar refractivity (Wildman–Crippen MR) is 44.4 cm³/mol. The van der Waals surface area contributed by atoms with Crippen molar-refractivity contribution < 1.29 is 0 Å². The van der Waals surface area contributed by atoms with Crippen molar-refractivity contribution in [2.75, 3.05) is 11.5 Å². The molecule has 0 spiro atoms. The fourth-order valence-corrected chi connectivity index (χ4v) is 1.40. The van der Waals surface area contributed by atoms with E-state index in [1.807, 2.05) is 11.8 Å². The second-order valence-corrected chi connectivity index (χ2v) is 3.25. The van der Waals surface area contributed by atoms with Crippen molar-refractivity contribution >= 4 is 11.8 Å². The average Bonchev–Trinajstić information content (AvgIpc) is 1.91. The van der Waals surface area contributed by atoms with Gasteiger partial charge in [-0.2, -0.15) is 11.8 Å². The van der Waals surface area contributed by atoms with Crippen LogP contribution in [0.15, 0.2) is 0 Å². The summed E-state index contributed by atoms with van der Waals surface area (Å²) >= 11 is 1.92. The molecule has 2 nitrogen and oxygen atoms in total. The fourth-order valence-electron chi connectivity index (χ4n) is 0.544. The van der Waals surface area contributed by atoms with E-state index in [2.05, 4.69) is 19.3 Å². The Bertz CT molecular complexity index is 55.0. The summed E-state index contributed by atoms with van der Waals surface area (Å²) in [6.45, 7) is 4.30. The summed E-state index contributed by atoms with van der Waals surface area (Å²) in [6, 6.07) is 0.495. The maximum atomic E-state index is 5.26. The number of hydrogen-bond donors (Lipinski definition) is 2. The van der Waals surface area contributed by atoms with Gasteiger partial charge >= 0.3 is 0 Å². The van der Waals surface area contributed by atoms with E-state index in [4.69, 9.17) is 5.84 Å². The lowest BCUT2D eigenvalue weighted by molar-refractivity contribution is 0.562. The highest BCUT2D eigenvalue weighted by Gasteiger charge is 2.00. The normalized spacial score (nSPS) is 13.7. The second kappa shape index (κ2) is 6.39. The van der Waals surface area contributed by atoms with Gasteiger partial charge in [0, 0.05) is 11.8 Å². The van der Waals surface area contributed by atoms with Crippen LogP contribution in [0.5, 0.6) is 0 Å². The first-order valence-electron chi connectivity index (χ1n) is 3.39. The Morgan fingerprint density at radius 1 is 1.56 bits per heavy atom. The highest BCUT2D eigenvalue weighted by Crippen LogP contribution is 2.02. The standard InChI is InChI=1S/C6H16N2S/c1-3-6(8-7)5-9-4-2/h6,8H,3-5,7H2,1-2H3. The van der Waals surface area contributed by atoms with Crippen LogP contribution in [-0.2, 0) is 0 Å². The molecule has 9 heavy (non-hydrogen) atoms. The molecule has 0 rings (SSSR count). The number of hydrogen-bond acceptors (Lipinski definition) is 3. The summed E-state index contributed by atoms with van der Waals surface area (Å²) in [5, 5.41) is 0. The van der Waals surface area contributed by atoms with Gasteiger partial charge in [-0.05, 0) is 12.2 Å². The summed E-state index contributed by atoms with van der Waals surface area (Å²) in [6.07, 6.45) is 1.11. The van der Waals surface area contributed by atoms with Crippen molar-refractivity contribution in [1.29, 1.82) is 0 Å². The number of hydrazine groups is 1. The Labute approximate surface area is 61.5 Å². The Kier molecular flexibility index (Phi) is 6.58. The van der Waals surface area contributed by atoms with Crippen molar-refractivity contribution in [3.8, 4) is 0 Å². The summed E-state index contributed by atoms with van der Waals surface area (Å²) in [7, 11) is 0. The molecule has 0 aromatic carbocycles. The van der Waals surface area contributed by atoms with Crippen LogP contribution in [0.3, 0.4) is 0 Å². The molecule has 1 unspecified atom stereocenters. The van der Waals surface area contributed by atoms with E-state index < -0.39 is 0 Å². The van der Waals surface area contributed by atoms with Crippen molar-refractivity contribution in [3.63, 3.8) is 0 Å². The number of nitrogens with two attached hydrogens (primary N) is 1. The molecule has 1 atom stereocenters. The quantitative estimate of drug-likeness (QED) is 0.451. The molecular weight excluding hydrogens is 132 g/mol. The van der Waals surface area contributed by atoms with Gasteiger partial charge in [-0.15, -0.1) is 0 Å². The van der Waals surface area contributed by atoms with Crippen molar-refractivity contribution in [2.24, 2.45) is 5.84 Å². The minimum Gasteiger partial charge on any atom is -0.271 e. The lowest BCUT2D eigenvalue weighted by Gasteiger charge is -2.10. The fraction of sp³-hybridized carbons (Fsp3) is 1.00. The smallest absolute Gasteiger partial charge is 0.0298 e. The molecule has 0 aliphatic rings. The minimum absolute atomic E-state index is 0.495. The second-order valence-electron chi connectivity index (χ2n) is 1.93. The van der Waals surface area contributed by atoms with Gasteiger partial charge in [0.05, 0.1) is 0 Å². The predicted octanol–water partition coefficient (Wildman–Crippen LogP) is 0.981. The van der Waals surface area contributed by atoms with Crippen LogP contribution in [0.2, 0.25) is 0 Å². The molecule has 0 aromatic heterocycles. The SMILES string of the molecule is CCSCC(CC)NN. The summed E-state index contributed by atoms with van der Waals surface area (Å²) in [4.78, 5) is 0. The zero-order valence-corrected chi connectivity index (χ0v) is 7.00. The van der Waals surface area contributed by atoms with Gasteiger partial charge in [0.2, 0.25) is 0 Å². The highest BCUT2D eigenvalue weighted by molar-refractivity contribution is 7.99. The Balaban J connectivity index is 3.09. The first-order valence-corrected chi connectivity index (χ1v) is 4.54. The average molecular weight is 148 g/mol. The van der Waals surface area contributed by atoms with Crippen molar-refractivity contribution in [2.45, 2.75) is 26.3 Å². The minimum atomic E-state index is 0.495. The van der Waals surface area contributed by atoms with Gasteiger partial charge in [0.1, 0.15) is 0 Å². The van der Waals surface area contributed by atoms with Gasteiger partial charge in [0.15, 0.2) is 0 Å². The maximum Gasteiger partial charge on any atom is 0.0298 e. The van der Waals surface area contributed by atoms with E-state index in [1.165, 1.54) is 5.75 Å². The monoisotopic (exact) mass is 148 g/mol. The number of thioether (sulfide) groups is 1. The molecular formula is C6H16N2S. The largest absolute Gasteiger partial charge is 0.271 e. The topological polar surface area (TPSA) is 38.0 Å². The molecule has 0 aliphatic carbocycles. The van der Waals surface area contributed by atoms with Gasteiger partial charge in [0.25, 0.3) is 0 Å².